The highest BCUT2D eigenvalue weighted by atomic mass is 79.9. The molecule has 1 fully saturated rings. The van der Waals surface area contributed by atoms with Crippen LogP contribution in [0.2, 0.25) is 0 Å². The van der Waals surface area contributed by atoms with Gasteiger partial charge < -0.3 is 14.2 Å². The minimum absolute atomic E-state index is 0.0964. The summed E-state index contributed by atoms with van der Waals surface area (Å²) in [6, 6.07) is 7.87. The number of rotatable bonds is 6. The maximum atomic E-state index is 5.92. The second kappa shape index (κ2) is 6.89. The molecule has 1 aromatic rings. The molecular weight excluding hydrogens is 364 g/mol. The predicted octanol–water partition coefficient (Wildman–Crippen LogP) is 3.40. The summed E-state index contributed by atoms with van der Waals surface area (Å²) in [5, 5.41) is 0. The average Bonchev–Trinajstić information content (AvgIpc) is 2.34. The van der Waals surface area contributed by atoms with Gasteiger partial charge in [0, 0.05) is 22.8 Å². The Bertz CT molecular complexity index is 386. The fourth-order valence-electron chi connectivity index (χ4n) is 1.84. The molecule has 2 rings (SSSR count). The first-order valence-electron chi connectivity index (χ1n) is 5.87. The van der Waals surface area contributed by atoms with Crippen LogP contribution in [0, 0.1) is 0 Å². The zero-order valence-electron chi connectivity index (χ0n) is 10.1. The van der Waals surface area contributed by atoms with Gasteiger partial charge in [0.05, 0.1) is 13.2 Å². The maximum Gasteiger partial charge on any atom is 0.127 e. The van der Waals surface area contributed by atoms with E-state index in [-0.39, 0.29) is 12.2 Å². The van der Waals surface area contributed by atoms with E-state index in [1.54, 1.807) is 7.11 Å². The van der Waals surface area contributed by atoms with E-state index in [1.165, 1.54) is 0 Å². The summed E-state index contributed by atoms with van der Waals surface area (Å²) in [6.07, 6.45) is 1.17. The van der Waals surface area contributed by atoms with Gasteiger partial charge in [-0.1, -0.05) is 37.9 Å². The zero-order chi connectivity index (χ0) is 13.0. The van der Waals surface area contributed by atoms with Crippen molar-refractivity contribution in [2.45, 2.75) is 23.5 Å². The topological polar surface area (TPSA) is 27.7 Å². The first kappa shape index (κ1) is 14.3. The van der Waals surface area contributed by atoms with Crippen molar-refractivity contribution in [3.63, 3.8) is 0 Å². The van der Waals surface area contributed by atoms with E-state index < -0.39 is 0 Å². The number of hydrogen-bond acceptors (Lipinski definition) is 3. The zero-order valence-corrected chi connectivity index (χ0v) is 13.3. The van der Waals surface area contributed by atoms with Crippen molar-refractivity contribution < 1.29 is 14.2 Å². The van der Waals surface area contributed by atoms with E-state index in [0.717, 1.165) is 16.6 Å². The fraction of sp³-hybridized carbons (Fsp3) is 0.538. The smallest absolute Gasteiger partial charge is 0.127 e. The number of hydrogen-bond donors (Lipinski definition) is 0. The highest BCUT2D eigenvalue weighted by Crippen LogP contribution is 2.34. The summed E-state index contributed by atoms with van der Waals surface area (Å²) in [4.78, 5) is 0.367. The summed E-state index contributed by atoms with van der Waals surface area (Å²) in [6.45, 7) is 1.21. The Morgan fingerprint density at radius 2 is 2.17 bits per heavy atom. The van der Waals surface area contributed by atoms with Gasteiger partial charge in [0.1, 0.15) is 18.0 Å². The van der Waals surface area contributed by atoms with Crippen LogP contribution in [0.25, 0.3) is 0 Å². The normalized spacial score (nSPS) is 26.7. The molecule has 3 nitrogen and oxygen atoms in total. The molecule has 3 atom stereocenters. The Labute approximate surface area is 124 Å². The van der Waals surface area contributed by atoms with Gasteiger partial charge >= 0.3 is 0 Å². The maximum absolute atomic E-state index is 5.92. The highest BCUT2D eigenvalue weighted by molar-refractivity contribution is 9.10. The van der Waals surface area contributed by atoms with Crippen molar-refractivity contribution in [2.24, 2.45) is 0 Å². The summed E-state index contributed by atoms with van der Waals surface area (Å²) in [5.41, 5.74) is 0. The minimum atomic E-state index is 0.0964. The number of benzene rings is 1. The molecule has 5 heteroatoms. The lowest BCUT2D eigenvalue weighted by Crippen LogP contribution is -2.52. The summed E-state index contributed by atoms with van der Waals surface area (Å²) >= 11 is 7.03. The van der Waals surface area contributed by atoms with E-state index in [4.69, 9.17) is 14.2 Å². The Kier molecular flexibility index (Phi) is 5.48. The van der Waals surface area contributed by atoms with Crippen molar-refractivity contribution in [1.29, 1.82) is 0 Å². The van der Waals surface area contributed by atoms with Gasteiger partial charge in [0.25, 0.3) is 0 Å². The lowest BCUT2D eigenvalue weighted by molar-refractivity contribution is -0.0865. The van der Waals surface area contributed by atoms with Gasteiger partial charge in [-0.15, -0.1) is 0 Å². The largest absolute Gasteiger partial charge is 0.488 e. The molecule has 0 amide bonds. The molecule has 1 aliphatic rings. The van der Waals surface area contributed by atoms with Crippen LogP contribution in [0.1, 0.15) is 6.42 Å². The molecule has 0 N–H and O–H groups in total. The molecule has 18 heavy (non-hydrogen) atoms. The minimum Gasteiger partial charge on any atom is -0.488 e. The van der Waals surface area contributed by atoms with Gasteiger partial charge in [-0.3, -0.25) is 0 Å². The highest BCUT2D eigenvalue weighted by Gasteiger charge is 2.42. The number of alkyl halides is 1. The summed E-state index contributed by atoms with van der Waals surface area (Å²) < 4.78 is 17.7. The third-order valence-electron chi connectivity index (χ3n) is 2.86. The van der Waals surface area contributed by atoms with Crippen molar-refractivity contribution in [3.05, 3.63) is 28.7 Å². The monoisotopic (exact) mass is 378 g/mol. The molecule has 0 bridgehead atoms. The van der Waals surface area contributed by atoms with E-state index >= 15 is 0 Å². The van der Waals surface area contributed by atoms with E-state index in [2.05, 4.69) is 31.9 Å². The third kappa shape index (κ3) is 3.70. The second-order valence-corrected chi connectivity index (χ2v) is 6.29. The average molecular weight is 380 g/mol. The Hall–Kier alpha value is -0.100. The Morgan fingerprint density at radius 3 is 2.83 bits per heavy atom. The van der Waals surface area contributed by atoms with Crippen molar-refractivity contribution in [2.75, 3.05) is 20.3 Å². The van der Waals surface area contributed by atoms with Crippen LogP contribution in [0.3, 0.4) is 0 Å². The van der Waals surface area contributed by atoms with Gasteiger partial charge in [-0.25, -0.2) is 0 Å². The standard InChI is InChI=1S/C13H16Br2O3/c1-16-5-6-17-13-11(15)8-12(13)18-10-4-2-3-9(14)7-10/h2-4,7,11-13H,5-6,8H2,1H3. The first-order chi connectivity index (χ1) is 8.70. The molecule has 0 spiro atoms. The fourth-order valence-corrected chi connectivity index (χ4v) is 3.08. The molecule has 0 heterocycles. The number of ether oxygens (including phenoxy) is 3. The van der Waals surface area contributed by atoms with Gasteiger partial charge in [0.2, 0.25) is 0 Å². The van der Waals surface area contributed by atoms with Crippen LogP contribution in [0.5, 0.6) is 5.75 Å². The van der Waals surface area contributed by atoms with Crippen LogP contribution < -0.4 is 4.74 Å². The molecule has 0 radical (unpaired) electrons. The van der Waals surface area contributed by atoms with Crippen LogP contribution in [0.4, 0.5) is 0 Å². The second-order valence-electron chi connectivity index (χ2n) is 4.19. The lowest BCUT2D eigenvalue weighted by atomic mass is 9.91. The molecule has 1 saturated carbocycles. The quantitative estimate of drug-likeness (QED) is 0.560. The molecule has 3 unspecified atom stereocenters. The molecular formula is C13H16Br2O3. The van der Waals surface area contributed by atoms with Crippen molar-refractivity contribution in [3.8, 4) is 5.75 Å². The lowest BCUT2D eigenvalue weighted by Gasteiger charge is -2.40. The molecule has 1 aliphatic carbocycles. The van der Waals surface area contributed by atoms with Gasteiger partial charge in [-0.05, 0) is 18.2 Å². The van der Waals surface area contributed by atoms with Crippen molar-refractivity contribution >= 4 is 31.9 Å². The van der Waals surface area contributed by atoms with Crippen LogP contribution in [0.15, 0.2) is 28.7 Å². The molecule has 1 aromatic carbocycles. The number of halogens is 2. The van der Waals surface area contributed by atoms with Gasteiger partial charge in [0.15, 0.2) is 0 Å². The SMILES string of the molecule is COCCOC1C(Br)CC1Oc1cccc(Br)c1. The van der Waals surface area contributed by atoms with E-state index in [9.17, 15) is 0 Å². The molecule has 0 saturated heterocycles. The third-order valence-corrected chi connectivity index (χ3v) is 4.25. The molecule has 0 aromatic heterocycles. The van der Waals surface area contributed by atoms with Crippen LogP contribution >= 0.6 is 31.9 Å². The summed E-state index contributed by atoms with van der Waals surface area (Å²) in [7, 11) is 1.67. The Morgan fingerprint density at radius 1 is 1.33 bits per heavy atom. The Balaban J connectivity index is 1.85. The van der Waals surface area contributed by atoms with E-state index in [0.29, 0.717) is 18.0 Å². The number of methoxy groups -OCH3 is 1. The predicted molar refractivity (Wildman–Crippen MR) is 77.5 cm³/mol. The molecule has 0 aliphatic heterocycles. The summed E-state index contributed by atoms with van der Waals surface area (Å²) in [5.74, 6) is 0.870. The van der Waals surface area contributed by atoms with E-state index in [1.807, 2.05) is 24.3 Å². The van der Waals surface area contributed by atoms with Gasteiger partial charge in [-0.2, -0.15) is 0 Å². The van der Waals surface area contributed by atoms with Crippen molar-refractivity contribution in [1.82, 2.24) is 0 Å². The van der Waals surface area contributed by atoms with Crippen LogP contribution in [-0.2, 0) is 9.47 Å². The van der Waals surface area contributed by atoms with Crippen LogP contribution in [-0.4, -0.2) is 37.4 Å². The molecule has 100 valence electrons. The first-order valence-corrected chi connectivity index (χ1v) is 7.58.